The molecular formula is C19H20F3N3O2. The molecular weight excluding hydrogens is 359 g/mol. The van der Waals surface area contributed by atoms with Gasteiger partial charge in [-0.25, -0.2) is 4.79 Å². The summed E-state index contributed by atoms with van der Waals surface area (Å²) in [6.07, 6.45) is -4.45. The molecule has 0 spiro atoms. The molecule has 2 rings (SSSR count). The average Bonchev–Trinajstić information content (AvgIpc) is 2.59. The van der Waals surface area contributed by atoms with E-state index >= 15 is 0 Å². The largest absolute Gasteiger partial charge is 0.416 e. The SMILES string of the molecule is Cc1ccccc1C(CC(=O)NCc1ccc(C(F)(F)F)cc1)NC(N)=O. The zero-order chi connectivity index (χ0) is 20.0. The Hall–Kier alpha value is -3.03. The Balaban J connectivity index is 1.99. The number of aryl methyl sites for hydroxylation is 1. The summed E-state index contributed by atoms with van der Waals surface area (Å²) in [6.45, 7) is 1.93. The Morgan fingerprint density at radius 1 is 1.07 bits per heavy atom. The number of benzene rings is 2. The summed E-state index contributed by atoms with van der Waals surface area (Å²) < 4.78 is 37.7. The second kappa shape index (κ2) is 8.57. The van der Waals surface area contributed by atoms with E-state index in [0.29, 0.717) is 5.56 Å². The van der Waals surface area contributed by atoms with E-state index in [2.05, 4.69) is 10.6 Å². The number of nitrogens with one attached hydrogen (secondary N) is 2. The minimum Gasteiger partial charge on any atom is -0.352 e. The van der Waals surface area contributed by atoms with Gasteiger partial charge in [0.1, 0.15) is 0 Å². The van der Waals surface area contributed by atoms with E-state index in [9.17, 15) is 22.8 Å². The molecule has 0 bridgehead atoms. The monoisotopic (exact) mass is 379 g/mol. The van der Waals surface area contributed by atoms with Crippen LogP contribution in [0.15, 0.2) is 48.5 Å². The molecule has 1 atom stereocenters. The zero-order valence-electron chi connectivity index (χ0n) is 14.6. The molecule has 2 aromatic rings. The van der Waals surface area contributed by atoms with E-state index < -0.39 is 23.8 Å². The lowest BCUT2D eigenvalue weighted by Crippen LogP contribution is -2.36. The minimum absolute atomic E-state index is 0.0472. The Morgan fingerprint density at radius 2 is 1.70 bits per heavy atom. The van der Waals surface area contributed by atoms with Crippen molar-refractivity contribution in [2.45, 2.75) is 32.1 Å². The number of amides is 3. The maximum atomic E-state index is 12.6. The summed E-state index contributed by atoms with van der Waals surface area (Å²) in [6, 6.07) is 10.5. The van der Waals surface area contributed by atoms with Crippen molar-refractivity contribution in [1.29, 1.82) is 0 Å². The Kier molecular flexibility index (Phi) is 6.44. The van der Waals surface area contributed by atoms with Crippen LogP contribution in [0.5, 0.6) is 0 Å². The normalized spacial score (nSPS) is 12.3. The second-order valence-electron chi connectivity index (χ2n) is 6.09. The number of rotatable bonds is 6. The molecule has 144 valence electrons. The first-order chi connectivity index (χ1) is 12.7. The fourth-order valence-electron chi connectivity index (χ4n) is 2.66. The van der Waals surface area contributed by atoms with Gasteiger partial charge in [0, 0.05) is 6.54 Å². The molecule has 3 amide bonds. The summed E-state index contributed by atoms with van der Waals surface area (Å²) in [4.78, 5) is 23.5. The molecule has 0 saturated heterocycles. The van der Waals surface area contributed by atoms with Crippen molar-refractivity contribution in [2.75, 3.05) is 0 Å². The quantitative estimate of drug-likeness (QED) is 0.718. The minimum atomic E-state index is -4.40. The molecule has 0 saturated carbocycles. The molecule has 27 heavy (non-hydrogen) atoms. The van der Waals surface area contributed by atoms with Crippen molar-refractivity contribution in [3.63, 3.8) is 0 Å². The van der Waals surface area contributed by atoms with Crippen LogP contribution in [-0.2, 0) is 17.5 Å². The number of carbonyl (C=O) groups excluding carboxylic acids is 2. The molecule has 0 aliphatic heterocycles. The number of hydrogen-bond donors (Lipinski definition) is 3. The zero-order valence-corrected chi connectivity index (χ0v) is 14.6. The lowest BCUT2D eigenvalue weighted by Gasteiger charge is -2.19. The van der Waals surface area contributed by atoms with E-state index in [1.165, 1.54) is 12.1 Å². The number of nitrogens with two attached hydrogens (primary N) is 1. The van der Waals surface area contributed by atoms with Crippen LogP contribution in [0.4, 0.5) is 18.0 Å². The summed E-state index contributed by atoms with van der Waals surface area (Å²) in [5.74, 6) is -0.364. The Bertz CT molecular complexity index is 805. The molecule has 0 aliphatic rings. The second-order valence-corrected chi connectivity index (χ2v) is 6.09. The highest BCUT2D eigenvalue weighted by Crippen LogP contribution is 2.29. The van der Waals surface area contributed by atoms with Gasteiger partial charge in [-0.2, -0.15) is 13.2 Å². The number of carbonyl (C=O) groups is 2. The number of halogens is 3. The third-order valence-corrected chi connectivity index (χ3v) is 4.04. The fraction of sp³-hybridized carbons (Fsp3) is 0.263. The van der Waals surface area contributed by atoms with Crippen molar-refractivity contribution in [3.05, 3.63) is 70.8 Å². The fourth-order valence-corrected chi connectivity index (χ4v) is 2.66. The lowest BCUT2D eigenvalue weighted by atomic mass is 9.98. The van der Waals surface area contributed by atoms with Gasteiger partial charge in [0.15, 0.2) is 0 Å². The molecule has 8 heteroatoms. The highest BCUT2D eigenvalue weighted by molar-refractivity contribution is 5.78. The molecule has 5 nitrogen and oxygen atoms in total. The maximum Gasteiger partial charge on any atom is 0.416 e. The number of alkyl halides is 3. The van der Waals surface area contributed by atoms with Crippen LogP contribution in [0.1, 0.15) is 34.7 Å². The molecule has 0 fully saturated rings. The summed E-state index contributed by atoms with van der Waals surface area (Å²) in [7, 11) is 0. The molecule has 1 unspecified atom stereocenters. The number of urea groups is 1. The first kappa shape index (κ1) is 20.3. The van der Waals surface area contributed by atoms with E-state index in [1.807, 2.05) is 19.1 Å². The molecule has 0 aliphatic carbocycles. The van der Waals surface area contributed by atoms with Gasteiger partial charge < -0.3 is 16.4 Å². The smallest absolute Gasteiger partial charge is 0.352 e. The van der Waals surface area contributed by atoms with Crippen molar-refractivity contribution < 1.29 is 22.8 Å². The van der Waals surface area contributed by atoms with Gasteiger partial charge in [0.25, 0.3) is 0 Å². The van der Waals surface area contributed by atoms with Crippen molar-refractivity contribution in [1.82, 2.24) is 10.6 Å². The van der Waals surface area contributed by atoms with Crippen LogP contribution in [0.25, 0.3) is 0 Å². The highest BCUT2D eigenvalue weighted by atomic mass is 19.4. The first-order valence-corrected chi connectivity index (χ1v) is 8.21. The Labute approximate surface area is 154 Å². The third kappa shape index (κ3) is 6.02. The molecule has 0 radical (unpaired) electrons. The van der Waals surface area contributed by atoms with Gasteiger partial charge >= 0.3 is 12.2 Å². The van der Waals surface area contributed by atoms with E-state index in [0.717, 1.165) is 23.3 Å². The average molecular weight is 379 g/mol. The van der Waals surface area contributed by atoms with E-state index in [4.69, 9.17) is 5.73 Å². The number of hydrogen-bond acceptors (Lipinski definition) is 2. The van der Waals surface area contributed by atoms with Crippen LogP contribution in [0.3, 0.4) is 0 Å². The number of primary amides is 1. The van der Waals surface area contributed by atoms with Crippen LogP contribution < -0.4 is 16.4 Å². The first-order valence-electron chi connectivity index (χ1n) is 8.21. The van der Waals surface area contributed by atoms with Gasteiger partial charge in [-0.15, -0.1) is 0 Å². The van der Waals surface area contributed by atoms with E-state index in [1.54, 1.807) is 12.1 Å². The third-order valence-electron chi connectivity index (χ3n) is 4.04. The van der Waals surface area contributed by atoms with Gasteiger partial charge in [-0.05, 0) is 35.7 Å². The van der Waals surface area contributed by atoms with E-state index in [-0.39, 0.29) is 18.9 Å². The van der Waals surface area contributed by atoms with Gasteiger partial charge in [0.05, 0.1) is 18.0 Å². The topological polar surface area (TPSA) is 84.2 Å². The highest BCUT2D eigenvalue weighted by Gasteiger charge is 2.29. The van der Waals surface area contributed by atoms with Crippen LogP contribution in [0.2, 0.25) is 0 Å². The summed E-state index contributed by atoms with van der Waals surface area (Å²) in [5, 5.41) is 5.18. The van der Waals surface area contributed by atoms with Gasteiger partial charge in [-0.3, -0.25) is 4.79 Å². The van der Waals surface area contributed by atoms with Crippen molar-refractivity contribution in [3.8, 4) is 0 Å². The van der Waals surface area contributed by atoms with Crippen LogP contribution in [0, 0.1) is 6.92 Å². The molecule has 0 heterocycles. The van der Waals surface area contributed by atoms with Gasteiger partial charge in [-0.1, -0.05) is 36.4 Å². The summed E-state index contributed by atoms with van der Waals surface area (Å²) in [5.41, 5.74) is 6.64. The van der Waals surface area contributed by atoms with Crippen molar-refractivity contribution in [2.24, 2.45) is 5.73 Å². The standard InChI is InChI=1S/C19H20F3N3O2/c1-12-4-2-3-5-15(12)16(25-18(23)27)10-17(26)24-11-13-6-8-14(9-7-13)19(20,21)22/h2-9,16H,10-11H2,1H3,(H,24,26)(H3,23,25,27). The summed E-state index contributed by atoms with van der Waals surface area (Å²) >= 11 is 0. The van der Waals surface area contributed by atoms with Gasteiger partial charge in [0.2, 0.25) is 5.91 Å². The molecule has 4 N–H and O–H groups in total. The maximum absolute atomic E-state index is 12.6. The Morgan fingerprint density at radius 3 is 2.26 bits per heavy atom. The lowest BCUT2D eigenvalue weighted by molar-refractivity contribution is -0.137. The van der Waals surface area contributed by atoms with Crippen LogP contribution in [-0.4, -0.2) is 11.9 Å². The molecule has 0 aromatic heterocycles. The van der Waals surface area contributed by atoms with Crippen molar-refractivity contribution >= 4 is 11.9 Å². The molecule has 2 aromatic carbocycles. The van der Waals surface area contributed by atoms with Crippen LogP contribution >= 0.6 is 0 Å². The predicted octanol–water partition coefficient (Wildman–Crippen LogP) is 3.43. The predicted molar refractivity (Wildman–Crippen MR) is 94.5 cm³/mol.